The molecule has 1 atom stereocenters. The molecule has 2 N–H and O–H groups in total. The molecule has 3 nitrogen and oxygen atoms in total. The largest absolute Gasteiger partial charge is 0.369 e. The van der Waals surface area contributed by atoms with Gasteiger partial charge in [-0.05, 0) is 55.2 Å². The van der Waals surface area contributed by atoms with E-state index in [0.29, 0.717) is 0 Å². The van der Waals surface area contributed by atoms with Gasteiger partial charge in [0.1, 0.15) is 0 Å². The molecule has 0 fully saturated rings. The van der Waals surface area contributed by atoms with Crippen LogP contribution in [0.3, 0.4) is 0 Å². The number of rotatable bonds is 6. The first-order chi connectivity index (χ1) is 10.1. The summed E-state index contributed by atoms with van der Waals surface area (Å²) in [7, 11) is 2.10. The Balaban J connectivity index is 2.08. The SMILES string of the molecule is CCC(N)Cc1ccc(N(C)Cc2ccccn2)cc1C. The average Bonchev–Trinajstić information content (AvgIpc) is 2.50. The molecule has 1 aromatic heterocycles. The fourth-order valence-electron chi connectivity index (χ4n) is 2.40. The van der Waals surface area contributed by atoms with Gasteiger partial charge in [0, 0.05) is 25.0 Å². The van der Waals surface area contributed by atoms with Gasteiger partial charge in [0.2, 0.25) is 0 Å². The number of anilines is 1. The highest BCUT2D eigenvalue weighted by Crippen LogP contribution is 2.20. The van der Waals surface area contributed by atoms with Crippen LogP contribution >= 0.6 is 0 Å². The molecule has 0 bridgehead atoms. The van der Waals surface area contributed by atoms with Crippen LogP contribution in [0.4, 0.5) is 5.69 Å². The van der Waals surface area contributed by atoms with E-state index >= 15 is 0 Å². The number of benzene rings is 1. The van der Waals surface area contributed by atoms with E-state index < -0.39 is 0 Å². The molecule has 0 radical (unpaired) electrons. The van der Waals surface area contributed by atoms with Gasteiger partial charge in [-0.2, -0.15) is 0 Å². The Morgan fingerprint density at radius 3 is 2.67 bits per heavy atom. The maximum absolute atomic E-state index is 6.06. The number of aryl methyl sites for hydroxylation is 1. The van der Waals surface area contributed by atoms with Crippen LogP contribution in [0.1, 0.15) is 30.2 Å². The summed E-state index contributed by atoms with van der Waals surface area (Å²) in [6.07, 6.45) is 3.80. The van der Waals surface area contributed by atoms with Crippen molar-refractivity contribution in [3.8, 4) is 0 Å². The molecule has 1 aromatic carbocycles. The summed E-state index contributed by atoms with van der Waals surface area (Å²) in [6.45, 7) is 5.11. The minimum absolute atomic E-state index is 0.251. The summed E-state index contributed by atoms with van der Waals surface area (Å²) in [5, 5.41) is 0. The summed E-state index contributed by atoms with van der Waals surface area (Å²) in [5.41, 5.74) is 11.0. The van der Waals surface area contributed by atoms with Crippen LogP contribution in [0, 0.1) is 6.92 Å². The van der Waals surface area contributed by atoms with Crippen molar-refractivity contribution < 1.29 is 0 Å². The summed E-state index contributed by atoms with van der Waals surface area (Å²) in [6, 6.07) is 12.9. The highest BCUT2D eigenvalue weighted by Gasteiger charge is 2.08. The van der Waals surface area contributed by atoms with Crippen molar-refractivity contribution in [3.05, 3.63) is 59.4 Å². The molecule has 0 aliphatic heterocycles. The molecule has 1 unspecified atom stereocenters. The van der Waals surface area contributed by atoms with E-state index in [4.69, 9.17) is 5.73 Å². The molecule has 0 saturated carbocycles. The van der Waals surface area contributed by atoms with Crippen LogP contribution < -0.4 is 10.6 Å². The van der Waals surface area contributed by atoms with Gasteiger partial charge in [-0.25, -0.2) is 0 Å². The lowest BCUT2D eigenvalue weighted by Gasteiger charge is -2.21. The number of pyridine rings is 1. The van der Waals surface area contributed by atoms with Crippen LogP contribution in [0.15, 0.2) is 42.6 Å². The Kier molecular flexibility index (Phi) is 5.34. The fourth-order valence-corrected chi connectivity index (χ4v) is 2.40. The number of nitrogens with two attached hydrogens (primary N) is 1. The molecule has 0 amide bonds. The third kappa shape index (κ3) is 4.30. The second-order valence-corrected chi connectivity index (χ2v) is 5.66. The number of nitrogens with zero attached hydrogens (tertiary/aromatic N) is 2. The summed E-state index contributed by atoms with van der Waals surface area (Å²) in [5.74, 6) is 0. The molecule has 2 aromatic rings. The van der Waals surface area contributed by atoms with Crippen LogP contribution in [0.25, 0.3) is 0 Å². The van der Waals surface area contributed by atoms with Gasteiger partial charge >= 0.3 is 0 Å². The normalized spacial score (nSPS) is 12.2. The zero-order chi connectivity index (χ0) is 15.2. The van der Waals surface area contributed by atoms with Gasteiger partial charge in [0.05, 0.1) is 12.2 Å². The molecule has 0 aliphatic rings. The van der Waals surface area contributed by atoms with Crippen LogP contribution in [0.5, 0.6) is 0 Å². The summed E-state index contributed by atoms with van der Waals surface area (Å²) in [4.78, 5) is 6.60. The molecule has 112 valence electrons. The topological polar surface area (TPSA) is 42.1 Å². The van der Waals surface area contributed by atoms with Crippen molar-refractivity contribution in [1.29, 1.82) is 0 Å². The Labute approximate surface area is 127 Å². The number of hydrogen-bond donors (Lipinski definition) is 1. The van der Waals surface area contributed by atoms with E-state index in [-0.39, 0.29) is 6.04 Å². The smallest absolute Gasteiger partial charge is 0.0598 e. The lowest BCUT2D eigenvalue weighted by atomic mass is 9.99. The van der Waals surface area contributed by atoms with Crippen molar-refractivity contribution in [2.24, 2.45) is 5.73 Å². The van der Waals surface area contributed by atoms with E-state index in [2.05, 4.69) is 55.0 Å². The van der Waals surface area contributed by atoms with Crippen molar-refractivity contribution >= 4 is 5.69 Å². The Bertz CT molecular complexity index is 566. The fraction of sp³-hybridized carbons (Fsp3) is 0.389. The minimum atomic E-state index is 0.251. The molecule has 21 heavy (non-hydrogen) atoms. The monoisotopic (exact) mass is 283 g/mol. The van der Waals surface area contributed by atoms with Crippen LogP contribution in [0.2, 0.25) is 0 Å². The van der Waals surface area contributed by atoms with Gasteiger partial charge in [-0.1, -0.05) is 19.1 Å². The van der Waals surface area contributed by atoms with E-state index in [1.54, 1.807) is 0 Å². The first kappa shape index (κ1) is 15.5. The molecule has 0 saturated heterocycles. The Hall–Kier alpha value is -1.87. The zero-order valence-electron chi connectivity index (χ0n) is 13.2. The third-order valence-corrected chi connectivity index (χ3v) is 3.90. The zero-order valence-corrected chi connectivity index (χ0v) is 13.2. The Morgan fingerprint density at radius 2 is 2.05 bits per heavy atom. The van der Waals surface area contributed by atoms with Gasteiger partial charge in [0.15, 0.2) is 0 Å². The van der Waals surface area contributed by atoms with E-state index in [1.165, 1.54) is 16.8 Å². The van der Waals surface area contributed by atoms with Crippen LogP contribution in [-0.4, -0.2) is 18.1 Å². The molecule has 0 spiro atoms. The van der Waals surface area contributed by atoms with Gasteiger partial charge < -0.3 is 10.6 Å². The minimum Gasteiger partial charge on any atom is -0.369 e. The Morgan fingerprint density at radius 1 is 1.24 bits per heavy atom. The quantitative estimate of drug-likeness (QED) is 0.884. The third-order valence-electron chi connectivity index (χ3n) is 3.90. The van der Waals surface area contributed by atoms with Crippen molar-refractivity contribution in [2.75, 3.05) is 11.9 Å². The predicted octanol–water partition coefficient (Wildman–Crippen LogP) is 3.31. The van der Waals surface area contributed by atoms with Gasteiger partial charge in [-0.15, -0.1) is 0 Å². The lowest BCUT2D eigenvalue weighted by molar-refractivity contribution is 0.644. The summed E-state index contributed by atoms with van der Waals surface area (Å²) >= 11 is 0. The number of aromatic nitrogens is 1. The van der Waals surface area contributed by atoms with E-state index in [0.717, 1.165) is 25.1 Å². The second-order valence-electron chi connectivity index (χ2n) is 5.66. The predicted molar refractivity (Wildman–Crippen MR) is 89.5 cm³/mol. The van der Waals surface area contributed by atoms with Gasteiger partial charge in [-0.3, -0.25) is 4.98 Å². The molecule has 1 heterocycles. The average molecular weight is 283 g/mol. The highest BCUT2D eigenvalue weighted by atomic mass is 15.1. The van der Waals surface area contributed by atoms with Crippen LogP contribution in [-0.2, 0) is 13.0 Å². The van der Waals surface area contributed by atoms with E-state index in [1.807, 2.05) is 18.3 Å². The summed E-state index contributed by atoms with van der Waals surface area (Å²) < 4.78 is 0. The molecular formula is C18H25N3. The second kappa shape index (κ2) is 7.23. The lowest BCUT2D eigenvalue weighted by Crippen LogP contribution is -2.22. The first-order valence-corrected chi connectivity index (χ1v) is 7.56. The molecule has 3 heteroatoms. The van der Waals surface area contributed by atoms with Crippen molar-refractivity contribution in [1.82, 2.24) is 4.98 Å². The van der Waals surface area contributed by atoms with Crippen molar-refractivity contribution in [3.63, 3.8) is 0 Å². The number of hydrogen-bond acceptors (Lipinski definition) is 3. The standard InChI is InChI=1S/C18H25N3/c1-4-16(19)12-15-8-9-18(11-14(15)2)21(3)13-17-7-5-6-10-20-17/h5-11,16H,4,12-13,19H2,1-3H3. The van der Waals surface area contributed by atoms with E-state index in [9.17, 15) is 0 Å². The maximum atomic E-state index is 6.06. The maximum Gasteiger partial charge on any atom is 0.0598 e. The van der Waals surface area contributed by atoms with Gasteiger partial charge in [0.25, 0.3) is 0 Å². The van der Waals surface area contributed by atoms with Crippen molar-refractivity contribution in [2.45, 2.75) is 39.3 Å². The highest BCUT2D eigenvalue weighted by molar-refractivity contribution is 5.50. The molecular weight excluding hydrogens is 258 g/mol. The molecule has 2 rings (SSSR count). The first-order valence-electron chi connectivity index (χ1n) is 7.56. The molecule has 0 aliphatic carbocycles.